The molecule has 2 aromatic carbocycles. The molecule has 1 aliphatic rings. The highest BCUT2D eigenvalue weighted by atomic mass is 35.5. The van der Waals surface area contributed by atoms with Gasteiger partial charge in [0.15, 0.2) is 0 Å². The first-order valence-electron chi connectivity index (χ1n) is 11.5. The fraction of sp³-hybridized carbons (Fsp3) is 0.292. The van der Waals surface area contributed by atoms with Gasteiger partial charge in [0, 0.05) is 23.2 Å². The van der Waals surface area contributed by atoms with Crippen LogP contribution in [0.1, 0.15) is 24.7 Å². The number of aromatic nitrogens is 2. The Morgan fingerprint density at radius 1 is 1.26 bits per heavy atom. The number of halogens is 3. The molecule has 2 heterocycles. The van der Waals surface area contributed by atoms with Crippen LogP contribution in [0.25, 0.3) is 0 Å². The number of carbonyl (C=O) groups is 2. The molecule has 0 saturated carbocycles. The maximum absolute atomic E-state index is 13.7. The first-order chi connectivity index (χ1) is 18.5. The summed E-state index contributed by atoms with van der Waals surface area (Å²) in [5, 5.41) is 9.13. The molecule has 0 bridgehead atoms. The van der Waals surface area contributed by atoms with Crippen molar-refractivity contribution in [2.24, 2.45) is 0 Å². The van der Waals surface area contributed by atoms with Crippen molar-refractivity contribution >= 4 is 45.0 Å². The summed E-state index contributed by atoms with van der Waals surface area (Å²) < 4.78 is 66.1. The number of alkyl halides is 2. The number of amides is 2. The number of aryl methyl sites for hydroxylation is 1. The molecule has 4 rings (SSSR count). The fourth-order valence-corrected chi connectivity index (χ4v) is 5.68. The number of hydrogen-bond donors (Lipinski definition) is 2. The van der Waals surface area contributed by atoms with Crippen LogP contribution in [0.4, 0.5) is 25.0 Å². The molecule has 15 heteroatoms. The highest BCUT2D eigenvalue weighted by Gasteiger charge is 2.37. The maximum atomic E-state index is 13.7. The van der Waals surface area contributed by atoms with E-state index in [9.17, 15) is 26.8 Å². The van der Waals surface area contributed by atoms with Crippen molar-refractivity contribution < 1.29 is 36.3 Å². The number of hydrogen-bond acceptors (Lipinski definition) is 7. The van der Waals surface area contributed by atoms with Crippen molar-refractivity contribution in [3.63, 3.8) is 0 Å². The van der Waals surface area contributed by atoms with E-state index in [4.69, 9.17) is 21.1 Å². The van der Waals surface area contributed by atoms with Crippen LogP contribution in [-0.2, 0) is 26.2 Å². The average Bonchev–Trinajstić information content (AvgIpc) is 3.29. The minimum Gasteiger partial charge on any atom is -0.484 e. The van der Waals surface area contributed by atoms with E-state index in [2.05, 4.69) is 15.7 Å². The molecule has 208 valence electrons. The Morgan fingerprint density at radius 3 is 2.67 bits per heavy atom. The highest BCUT2D eigenvalue weighted by molar-refractivity contribution is 7.92. The normalized spacial score (nSPS) is 14.9. The third kappa shape index (κ3) is 6.40. The number of ether oxygens (including phenoxy) is 2. The molecular weight excluding hydrogens is 560 g/mol. The topological polar surface area (TPSA) is 132 Å². The Balaban J connectivity index is 1.62. The lowest BCUT2D eigenvalue weighted by molar-refractivity contribution is -0.119. The van der Waals surface area contributed by atoms with Gasteiger partial charge in [0.1, 0.15) is 23.4 Å². The lowest BCUT2D eigenvalue weighted by atomic mass is 10.2. The summed E-state index contributed by atoms with van der Waals surface area (Å²) >= 11 is 6.08. The standard InChI is InChI=1S/C24H24ClF2N5O6S/c1-14-22(12-31(30-14)23(26)27)39(35,36)32-11-18(10-28-15(2)33)38-21-8-7-17(9-20(21)32)29-24(34)37-13-16-5-3-4-6-19(16)25/h3-9,12,18,23H,10-11,13H2,1-2H3,(H,28,33)(H,29,34)/t18-/m0/s1. The molecule has 1 aliphatic heterocycles. The van der Waals surface area contributed by atoms with Gasteiger partial charge in [0.25, 0.3) is 10.0 Å². The number of rotatable bonds is 8. The zero-order chi connectivity index (χ0) is 28.3. The number of nitrogens with one attached hydrogen (secondary N) is 2. The number of benzene rings is 2. The molecular formula is C24H24ClF2N5O6S. The monoisotopic (exact) mass is 583 g/mol. The predicted molar refractivity (Wildman–Crippen MR) is 138 cm³/mol. The van der Waals surface area contributed by atoms with E-state index in [1.54, 1.807) is 24.3 Å². The largest absolute Gasteiger partial charge is 0.484 e. The number of anilines is 2. The molecule has 0 fully saturated rings. The Hall–Kier alpha value is -3.91. The molecule has 39 heavy (non-hydrogen) atoms. The third-order valence-electron chi connectivity index (χ3n) is 5.67. The SMILES string of the molecule is CC(=O)NC[C@H]1CN(S(=O)(=O)c2cn(C(F)F)nc2C)c2cc(NC(=O)OCc3ccccc3Cl)ccc2O1. The van der Waals surface area contributed by atoms with Gasteiger partial charge in [-0.05, 0) is 31.2 Å². The Morgan fingerprint density at radius 2 is 2.00 bits per heavy atom. The van der Waals surface area contributed by atoms with Gasteiger partial charge in [0.2, 0.25) is 5.91 Å². The van der Waals surface area contributed by atoms with Gasteiger partial charge in [-0.1, -0.05) is 29.8 Å². The van der Waals surface area contributed by atoms with E-state index in [0.29, 0.717) is 10.6 Å². The number of nitrogens with zero attached hydrogens (tertiary/aromatic N) is 3. The van der Waals surface area contributed by atoms with E-state index >= 15 is 0 Å². The van der Waals surface area contributed by atoms with Crippen LogP contribution in [0.3, 0.4) is 0 Å². The minimum absolute atomic E-state index is 0.00948. The second-order valence-corrected chi connectivity index (χ2v) is 10.8. The van der Waals surface area contributed by atoms with Gasteiger partial charge in [0.05, 0.1) is 30.7 Å². The van der Waals surface area contributed by atoms with Crippen molar-refractivity contribution in [1.82, 2.24) is 15.1 Å². The zero-order valence-electron chi connectivity index (χ0n) is 20.7. The summed E-state index contributed by atoms with van der Waals surface area (Å²) in [5.74, 6) is -0.211. The molecule has 11 nitrogen and oxygen atoms in total. The van der Waals surface area contributed by atoms with Gasteiger partial charge in [-0.2, -0.15) is 13.9 Å². The Labute approximate surface area is 227 Å². The number of fused-ring (bicyclic) bond motifs is 1. The molecule has 2 N–H and O–H groups in total. The van der Waals surface area contributed by atoms with Crippen molar-refractivity contribution in [3.05, 3.63) is 64.9 Å². The van der Waals surface area contributed by atoms with Gasteiger partial charge in [-0.3, -0.25) is 14.4 Å². The molecule has 3 aromatic rings. The summed E-state index contributed by atoms with van der Waals surface area (Å²) in [5.41, 5.74) is 0.693. The maximum Gasteiger partial charge on any atom is 0.411 e. The van der Waals surface area contributed by atoms with Crippen LogP contribution in [0.5, 0.6) is 5.75 Å². The Kier molecular flexibility index (Phi) is 8.25. The molecule has 0 unspecified atom stereocenters. The first kappa shape index (κ1) is 28.1. The van der Waals surface area contributed by atoms with Gasteiger partial charge < -0.3 is 14.8 Å². The van der Waals surface area contributed by atoms with Crippen molar-refractivity contribution in [1.29, 1.82) is 0 Å². The summed E-state index contributed by atoms with van der Waals surface area (Å²) in [7, 11) is -4.42. The summed E-state index contributed by atoms with van der Waals surface area (Å²) in [4.78, 5) is 23.4. The quantitative estimate of drug-likeness (QED) is 0.408. The van der Waals surface area contributed by atoms with Gasteiger partial charge in [-0.15, -0.1) is 0 Å². The van der Waals surface area contributed by atoms with E-state index in [0.717, 1.165) is 10.5 Å². The average molecular weight is 584 g/mol. The summed E-state index contributed by atoms with van der Waals surface area (Å²) in [6, 6.07) is 11.1. The predicted octanol–water partition coefficient (Wildman–Crippen LogP) is 4.08. The molecule has 0 saturated heterocycles. The summed E-state index contributed by atoms with van der Waals surface area (Å²) in [6.07, 6.45) is -0.860. The second-order valence-electron chi connectivity index (χ2n) is 8.52. The highest BCUT2D eigenvalue weighted by Crippen LogP contribution is 2.39. The lowest BCUT2D eigenvalue weighted by Crippen LogP contribution is -2.48. The minimum atomic E-state index is -4.42. The van der Waals surface area contributed by atoms with Crippen LogP contribution in [-0.4, -0.2) is 49.4 Å². The lowest BCUT2D eigenvalue weighted by Gasteiger charge is -2.35. The van der Waals surface area contributed by atoms with E-state index in [-0.39, 0.29) is 53.1 Å². The van der Waals surface area contributed by atoms with Crippen LogP contribution >= 0.6 is 11.6 Å². The number of sulfonamides is 1. The molecule has 0 aliphatic carbocycles. The van der Waals surface area contributed by atoms with Crippen LogP contribution in [0.2, 0.25) is 5.02 Å². The van der Waals surface area contributed by atoms with Gasteiger partial charge in [-0.25, -0.2) is 17.9 Å². The van der Waals surface area contributed by atoms with Crippen molar-refractivity contribution in [3.8, 4) is 5.75 Å². The molecule has 1 aromatic heterocycles. The smallest absolute Gasteiger partial charge is 0.411 e. The molecule has 1 atom stereocenters. The van der Waals surface area contributed by atoms with Crippen molar-refractivity contribution in [2.45, 2.75) is 38.0 Å². The van der Waals surface area contributed by atoms with Crippen molar-refractivity contribution in [2.75, 3.05) is 22.7 Å². The van der Waals surface area contributed by atoms with E-state index in [1.165, 1.54) is 32.0 Å². The van der Waals surface area contributed by atoms with Gasteiger partial charge >= 0.3 is 12.6 Å². The molecule has 2 amide bonds. The molecule has 0 radical (unpaired) electrons. The van der Waals surface area contributed by atoms with Crippen LogP contribution in [0.15, 0.2) is 53.6 Å². The van der Waals surface area contributed by atoms with Crippen LogP contribution in [0, 0.1) is 6.92 Å². The first-order valence-corrected chi connectivity index (χ1v) is 13.4. The fourth-order valence-electron chi connectivity index (χ4n) is 3.83. The summed E-state index contributed by atoms with van der Waals surface area (Å²) in [6.45, 7) is -0.798. The third-order valence-corrected chi connectivity index (χ3v) is 7.92. The van der Waals surface area contributed by atoms with E-state index in [1.807, 2.05) is 0 Å². The second kappa shape index (κ2) is 11.5. The molecule has 0 spiro atoms. The number of carbonyl (C=O) groups excluding carboxylic acids is 2. The van der Waals surface area contributed by atoms with E-state index < -0.39 is 33.7 Å². The Bertz CT molecular complexity index is 1500. The zero-order valence-corrected chi connectivity index (χ0v) is 22.3. The van der Waals surface area contributed by atoms with Crippen LogP contribution < -0.4 is 19.7 Å².